The van der Waals surface area contributed by atoms with Crippen molar-refractivity contribution in [1.29, 1.82) is 0 Å². The minimum Gasteiger partial charge on any atom is -0.324 e. The molecule has 0 aliphatic carbocycles. The first kappa shape index (κ1) is 14.8. The normalized spacial score (nSPS) is 12.5. The Morgan fingerprint density at radius 3 is 2.42 bits per heavy atom. The standard InChI is InChI=1S/C14H11BrCl2FN/c15-9-4-5-12(18)8(6-9)7-13(19)14-10(16)2-1-3-11(14)17/h1-6,13H,7,19H2. The van der Waals surface area contributed by atoms with E-state index in [4.69, 9.17) is 28.9 Å². The van der Waals surface area contributed by atoms with Crippen molar-refractivity contribution < 1.29 is 4.39 Å². The van der Waals surface area contributed by atoms with Gasteiger partial charge in [-0.1, -0.05) is 45.2 Å². The number of hydrogen-bond acceptors (Lipinski definition) is 1. The maximum absolute atomic E-state index is 13.7. The molecule has 0 aromatic heterocycles. The Bertz CT molecular complexity index is 584. The molecule has 0 radical (unpaired) electrons. The van der Waals surface area contributed by atoms with Crippen molar-refractivity contribution >= 4 is 39.1 Å². The van der Waals surface area contributed by atoms with E-state index in [1.54, 1.807) is 30.3 Å². The Labute approximate surface area is 129 Å². The zero-order valence-corrected chi connectivity index (χ0v) is 12.9. The van der Waals surface area contributed by atoms with Crippen LogP contribution >= 0.6 is 39.1 Å². The molecule has 0 fully saturated rings. The fourth-order valence-corrected chi connectivity index (χ4v) is 2.99. The van der Waals surface area contributed by atoms with Gasteiger partial charge in [-0.25, -0.2) is 4.39 Å². The third-order valence-corrected chi connectivity index (χ3v) is 3.97. The summed E-state index contributed by atoms with van der Waals surface area (Å²) in [6.07, 6.45) is 0.328. The van der Waals surface area contributed by atoms with Gasteiger partial charge in [0, 0.05) is 26.1 Å². The van der Waals surface area contributed by atoms with Crippen molar-refractivity contribution in [3.05, 3.63) is 67.9 Å². The number of hydrogen-bond donors (Lipinski definition) is 1. The van der Waals surface area contributed by atoms with Gasteiger partial charge in [0.2, 0.25) is 0 Å². The van der Waals surface area contributed by atoms with E-state index < -0.39 is 6.04 Å². The van der Waals surface area contributed by atoms with Crippen LogP contribution in [0, 0.1) is 5.82 Å². The largest absolute Gasteiger partial charge is 0.324 e. The predicted octanol–water partition coefficient (Wildman–Crippen LogP) is 5.14. The van der Waals surface area contributed by atoms with Crippen molar-refractivity contribution in [3.8, 4) is 0 Å². The topological polar surface area (TPSA) is 26.0 Å². The molecule has 5 heteroatoms. The molecular weight excluding hydrogens is 352 g/mol. The lowest BCUT2D eigenvalue weighted by atomic mass is 9.99. The number of rotatable bonds is 3. The zero-order chi connectivity index (χ0) is 14.0. The molecule has 0 saturated heterocycles. The molecule has 0 amide bonds. The first-order valence-electron chi connectivity index (χ1n) is 5.62. The molecule has 0 aliphatic rings. The molecule has 1 nitrogen and oxygen atoms in total. The van der Waals surface area contributed by atoms with Gasteiger partial charge in [-0.3, -0.25) is 0 Å². The van der Waals surface area contributed by atoms with Crippen molar-refractivity contribution in [3.63, 3.8) is 0 Å². The second kappa shape index (κ2) is 6.23. The smallest absolute Gasteiger partial charge is 0.126 e. The Balaban J connectivity index is 2.31. The quantitative estimate of drug-likeness (QED) is 0.803. The van der Waals surface area contributed by atoms with E-state index in [0.717, 1.165) is 4.47 Å². The number of benzene rings is 2. The first-order chi connectivity index (χ1) is 8.99. The lowest BCUT2D eigenvalue weighted by Crippen LogP contribution is -2.15. The van der Waals surface area contributed by atoms with E-state index >= 15 is 0 Å². The second-order valence-corrected chi connectivity index (χ2v) is 5.91. The molecule has 2 N–H and O–H groups in total. The molecule has 0 spiro atoms. The van der Waals surface area contributed by atoms with Gasteiger partial charge in [0.1, 0.15) is 5.82 Å². The molecule has 100 valence electrons. The molecule has 2 rings (SSSR count). The minimum atomic E-state index is -0.454. The van der Waals surface area contributed by atoms with Crippen LogP contribution in [0.1, 0.15) is 17.2 Å². The fraction of sp³-hybridized carbons (Fsp3) is 0.143. The second-order valence-electron chi connectivity index (χ2n) is 4.18. The summed E-state index contributed by atoms with van der Waals surface area (Å²) in [4.78, 5) is 0. The lowest BCUT2D eigenvalue weighted by Gasteiger charge is -2.16. The van der Waals surface area contributed by atoms with Crippen LogP contribution in [0.4, 0.5) is 4.39 Å². The van der Waals surface area contributed by atoms with Crippen LogP contribution in [-0.2, 0) is 6.42 Å². The molecule has 0 bridgehead atoms. The van der Waals surface area contributed by atoms with E-state index in [9.17, 15) is 4.39 Å². The first-order valence-corrected chi connectivity index (χ1v) is 7.17. The van der Waals surface area contributed by atoms with Gasteiger partial charge in [0.25, 0.3) is 0 Å². The molecule has 0 saturated carbocycles. The molecular formula is C14H11BrCl2FN. The molecule has 19 heavy (non-hydrogen) atoms. The van der Waals surface area contributed by atoms with Gasteiger partial charge >= 0.3 is 0 Å². The summed E-state index contributed by atoms with van der Waals surface area (Å²) in [6, 6.07) is 9.50. The van der Waals surface area contributed by atoms with Gasteiger partial charge in [-0.15, -0.1) is 0 Å². The summed E-state index contributed by atoms with van der Waals surface area (Å²) in [7, 11) is 0. The maximum Gasteiger partial charge on any atom is 0.126 e. The molecule has 0 heterocycles. The molecule has 2 aromatic carbocycles. The molecule has 1 atom stereocenters. The minimum absolute atomic E-state index is 0.290. The van der Waals surface area contributed by atoms with Gasteiger partial charge < -0.3 is 5.73 Å². The summed E-state index contributed by atoms with van der Waals surface area (Å²) >= 11 is 15.5. The van der Waals surface area contributed by atoms with Gasteiger partial charge in [0.15, 0.2) is 0 Å². The van der Waals surface area contributed by atoms with E-state index in [2.05, 4.69) is 15.9 Å². The van der Waals surface area contributed by atoms with E-state index in [1.165, 1.54) is 6.07 Å². The van der Waals surface area contributed by atoms with Crippen LogP contribution in [0.15, 0.2) is 40.9 Å². The summed E-state index contributed by atoms with van der Waals surface area (Å²) in [5.41, 5.74) is 7.27. The Kier molecular flexibility index (Phi) is 4.85. The van der Waals surface area contributed by atoms with E-state index in [-0.39, 0.29) is 5.82 Å². The van der Waals surface area contributed by atoms with Crippen LogP contribution in [0.2, 0.25) is 10.0 Å². The number of halogens is 4. The highest BCUT2D eigenvalue weighted by atomic mass is 79.9. The molecule has 2 aromatic rings. The summed E-state index contributed by atoms with van der Waals surface area (Å²) in [5, 5.41) is 0.991. The number of nitrogens with two attached hydrogens (primary N) is 1. The van der Waals surface area contributed by atoms with Gasteiger partial charge in [0.05, 0.1) is 0 Å². The highest BCUT2D eigenvalue weighted by Crippen LogP contribution is 2.31. The third-order valence-electron chi connectivity index (χ3n) is 2.82. The Morgan fingerprint density at radius 2 is 1.79 bits per heavy atom. The Hall–Kier alpha value is -0.610. The van der Waals surface area contributed by atoms with Crippen LogP contribution in [0.5, 0.6) is 0 Å². The summed E-state index contributed by atoms with van der Waals surface area (Å²) in [5.74, 6) is -0.290. The van der Waals surface area contributed by atoms with Crippen molar-refractivity contribution in [2.75, 3.05) is 0 Å². The van der Waals surface area contributed by atoms with Crippen LogP contribution in [0.25, 0.3) is 0 Å². The van der Waals surface area contributed by atoms with Crippen molar-refractivity contribution in [2.24, 2.45) is 5.73 Å². The highest BCUT2D eigenvalue weighted by Gasteiger charge is 2.16. The third kappa shape index (κ3) is 3.48. The fourth-order valence-electron chi connectivity index (χ4n) is 1.90. The molecule has 0 aliphatic heterocycles. The zero-order valence-electron chi connectivity index (χ0n) is 9.84. The Morgan fingerprint density at radius 1 is 1.16 bits per heavy atom. The van der Waals surface area contributed by atoms with Gasteiger partial charge in [-0.2, -0.15) is 0 Å². The molecule has 1 unspecified atom stereocenters. The predicted molar refractivity (Wildman–Crippen MR) is 81.2 cm³/mol. The lowest BCUT2D eigenvalue weighted by molar-refractivity contribution is 0.593. The highest BCUT2D eigenvalue weighted by molar-refractivity contribution is 9.10. The van der Waals surface area contributed by atoms with Gasteiger partial charge in [-0.05, 0) is 42.3 Å². The average molecular weight is 363 g/mol. The summed E-state index contributed by atoms with van der Waals surface area (Å²) < 4.78 is 14.5. The summed E-state index contributed by atoms with van der Waals surface area (Å²) in [6.45, 7) is 0. The van der Waals surface area contributed by atoms with Crippen molar-refractivity contribution in [2.45, 2.75) is 12.5 Å². The maximum atomic E-state index is 13.7. The van der Waals surface area contributed by atoms with Crippen LogP contribution < -0.4 is 5.73 Å². The monoisotopic (exact) mass is 361 g/mol. The van der Waals surface area contributed by atoms with Crippen LogP contribution in [0.3, 0.4) is 0 Å². The van der Waals surface area contributed by atoms with E-state index in [0.29, 0.717) is 27.6 Å². The van der Waals surface area contributed by atoms with Crippen LogP contribution in [-0.4, -0.2) is 0 Å². The SMILES string of the molecule is NC(Cc1cc(Br)ccc1F)c1c(Cl)cccc1Cl. The average Bonchev–Trinajstić information content (AvgIpc) is 2.33. The van der Waals surface area contributed by atoms with E-state index in [1.807, 2.05) is 0 Å². The van der Waals surface area contributed by atoms with Crippen molar-refractivity contribution in [1.82, 2.24) is 0 Å².